The average molecular weight is 262 g/mol. The lowest BCUT2D eigenvalue weighted by Crippen LogP contribution is -2.34. The summed E-state index contributed by atoms with van der Waals surface area (Å²) in [6.07, 6.45) is 3.61. The maximum atomic E-state index is 12.0. The first-order valence-corrected chi connectivity index (χ1v) is 6.98. The first-order chi connectivity index (χ1) is 9.06. The minimum absolute atomic E-state index is 0.112. The Morgan fingerprint density at radius 3 is 2.58 bits per heavy atom. The Morgan fingerprint density at radius 1 is 1.26 bits per heavy atom. The lowest BCUT2D eigenvalue weighted by molar-refractivity contribution is 0.0938. The fraction of sp³-hybridized carbons (Fsp3) is 0.643. The molecular formula is C14H22N4O. The molecule has 1 fully saturated rings. The zero-order valence-corrected chi connectivity index (χ0v) is 11.9. The third-order valence-electron chi connectivity index (χ3n) is 3.13. The Morgan fingerprint density at radius 2 is 1.95 bits per heavy atom. The summed E-state index contributed by atoms with van der Waals surface area (Å²) in [5, 5.41) is 2.87. The van der Waals surface area contributed by atoms with E-state index in [0.717, 1.165) is 18.8 Å². The van der Waals surface area contributed by atoms with Gasteiger partial charge in [0.1, 0.15) is 5.69 Å². The van der Waals surface area contributed by atoms with Crippen LogP contribution in [0.5, 0.6) is 0 Å². The van der Waals surface area contributed by atoms with Gasteiger partial charge in [-0.15, -0.1) is 0 Å². The molecule has 2 rings (SSSR count). The third kappa shape index (κ3) is 3.66. The van der Waals surface area contributed by atoms with Crippen molar-refractivity contribution in [3.8, 4) is 0 Å². The summed E-state index contributed by atoms with van der Waals surface area (Å²) >= 11 is 0. The van der Waals surface area contributed by atoms with Crippen molar-refractivity contribution in [2.24, 2.45) is 0 Å². The van der Waals surface area contributed by atoms with Crippen LogP contribution in [0.25, 0.3) is 0 Å². The largest absolute Gasteiger partial charge is 0.349 e. The molecule has 0 spiro atoms. The highest BCUT2D eigenvalue weighted by atomic mass is 16.1. The van der Waals surface area contributed by atoms with E-state index in [4.69, 9.17) is 0 Å². The molecule has 5 heteroatoms. The van der Waals surface area contributed by atoms with E-state index in [1.165, 1.54) is 19.3 Å². The number of aryl methyl sites for hydroxylation is 1. The number of amides is 1. The number of piperidine rings is 1. The molecule has 19 heavy (non-hydrogen) atoms. The highest BCUT2D eigenvalue weighted by Crippen LogP contribution is 2.16. The highest BCUT2D eigenvalue weighted by molar-refractivity contribution is 5.92. The van der Waals surface area contributed by atoms with E-state index in [1.807, 2.05) is 20.8 Å². The van der Waals surface area contributed by atoms with Crippen molar-refractivity contribution in [3.05, 3.63) is 17.5 Å². The smallest absolute Gasteiger partial charge is 0.270 e. The summed E-state index contributed by atoms with van der Waals surface area (Å²) in [5.41, 5.74) is 1.30. The number of rotatable bonds is 3. The molecule has 0 saturated carbocycles. The molecule has 1 aromatic heterocycles. The number of carbonyl (C=O) groups is 1. The van der Waals surface area contributed by atoms with Crippen molar-refractivity contribution in [2.75, 3.05) is 18.0 Å². The second-order valence-corrected chi connectivity index (χ2v) is 5.37. The van der Waals surface area contributed by atoms with Gasteiger partial charge in [-0.3, -0.25) is 4.79 Å². The van der Waals surface area contributed by atoms with Gasteiger partial charge >= 0.3 is 0 Å². The highest BCUT2D eigenvalue weighted by Gasteiger charge is 2.17. The van der Waals surface area contributed by atoms with E-state index >= 15 is 0 Å². The normalized spacial score (nSPS) is 15.7. The van der Waals surface area contributed by atoms with E-state index in [1.54, 1.807) is 6.07 Å². The predicted molar refractivity (Wildman–Crippen MR) is 75.4 cm³/mol. The second kappa shape index (κ2) is 5.99. The van der Waals surface area contributed by atoms with Crippen LogP contribution in [-0.2, 0) is 0 Å². The Balaban J connectivity index is 2.21. The number of carbonyl (C=O) groups excluding carboxylic acids is 1. The zero-order valence-electron chi connectivity index (χ0n) is 11.9. The molecule has 0 aromatic carbocycles. The van der Waals surface area contributed by atoms with Gasteiger partial charge in [0.05, 0.1) is 0 Å². The molecule has 2 heterocycles. The number of aromatic nitrogens is 2. The number of hydrogen-bond donors (Lipinski definition) is 1. The maximum absolute atomic E-state index is 12.0. The van der Waals surface area contributed by atoms with Gasteiger partial charge in [0.15, 0.2) is 0 Å². The average Bonchev–Trinajstić information content (AvgIpc) is 2.38. The number of nitrogens with one attached hydrogen (secondary N) is 1. The second-order valence-electron chi connectivity index (χ2n) is 5.37. The fourth-order valence-corrected chi connectivity index (χ4v) is 2.24. The van der Waals surface area contributed by atoms with Gasteiger partial charge in [-0.25, -0.2) is 9.97 Å². The van der Waals surface area contributed by atoms with Crippen molar-refractivity contribution < 1.29 is 4.79 Å². The quantitative estimate of drug-likeness (QED) is 0.904. The van der Waals surface area contributed by atoms with Gasteiger partial charge in [0.2, 0.25) is 5.95 Å². The minimum atomic E-state index is -0.126. The monoisotopic (exact) mass is 262 g/mol. The summed E-state index contributed by atoms with van der Waals surface area (Å²) in [7, 11) is 0. The molecule has 0 aliphatic carbocycles. The van der Waals surface area contributed by atoms with E-state index < -0.39 is 0 Å². The number of hydrogen-bond acceptors (Lipinski definition) is 4. The third-order valence-corrected chi connectivity index (χ3v) is 3.13. The molecule has 1 saturated heterocycles. The van der Waals surface area contributed by atoms with Crippen LogP contribution in [0.1, 0.15) is 49.3 Å². The minimum Gasteiger partial charge on any atom is -0.349 e. The Kier molecular flexibility index (Phi) is 4.35. The summed E-state index contributed by atoms with van der Waals surface area (Å²) in [4.78, 5) is 23.1. The number of anilines is 1. The van der Waals surface area contributed by atoms with Gasteiger partial charge in [0.25, 0.3) is 5.91 Å². The lowest BCUT2D eigenvalue weighted by atomic mass is 10.1. The van der Waals surface area contributed by atoms with E-state index in [2.05, 4.69) is 20.2 Å². The van der Waals surface area contributed by atoms with E-state index in [-0.39, 0.29) is 11.9 Å². The van der Waals surface area contributed by atoms with Crippen molar-refractivity contribution >= 4 is 11.9 Å². The van der Waals surface area contributed by atoms with Crippen LogP contribution in [-0.4, -0.2) is 35.0 Å². The topological polar surface area (TPSA) is 58.1 Å². The van der Waals surface area contributed by atoms with Crippen LogP contribution in [0, 0.1) is 6.92 Å². The zero-order chi connectivity index (χ0) is 13.8. The van der Waals surface area contributed by atoms with Crippen molar-refractivity contribution in [1.82, 2.24) is 15.3 Å². The molecule has 104 valence electrons. The van der Waals surface area contributed by atoms with E-state index in [0.29, 0.717) is 11.6 Å². The van der Waals surface area contributed by atoms with Crippen molar-refractivity contribution in [1.29, 1.82) is 0 Å². The molecule has 0 radical (unpaired) electrons. The standard InChI is InChI=1S/C14H22N4O/c1-10(2)15-13(19)12-9-11(3)16-14(17-12)18-7-5-4-6-8-18/h9-10H,4-8H2,1-3H3,(H,15,19). The first-order valence-electron chi connectivity index (χ1n) is 6.98. The Hall–Kier alpha value is -1.65. The maximum Gasteiger partial charge on any atom is 0.270 e. The van der Waals surface area contributed by atoms with Gasteiger partial charge in [-0.1, -0.05) is 0 Å². The fourth-order valence-electron chi connectivity index (χ4n) is 2.24. The molecule has 5 nitrogen and oxygen atoms in total. The van der Waals surface area contributed by atoms with Crippen LogP contribution < -0.4 is 10.2 Å². The van der Waals surface area contributed by atoms with Crippen LogP contribution in [0.4, 0.5) is 5.95 Å². The molecule has 0 atom stereocenters. The lowest BCUT2D eigenvalue weighted by Gasteiger charge is -2.27. The summed E-state index contributed by atoms with van der Waals surface area (Å²) in [6, 6.07) is 1.85. The molecule has 0 unspecified atom stereocenters. The molecule has 1 aliphatic heterocycles. The van der Waals surface area contributed by atoms with Crippen LogP contribution in [0.15, 0.2) is 6.07 Å². The first kappa shape index (κ1) is 13.8. The van der Waals surface area contributed by atoms with Gasteiger partial charge in [-0.2, -0.15) is 0 Å². The molecule has 1 N–H and O–H groups in total. The Bertz CT molecular complexity index is 453. The molecular weight excluding hydrogens is 240 g/mol. The van der Waals surface area contributed by atoms with Crippen LogP contribution in [0.2, 0.25) is 0 Å². The van der Waals surface area contributed by atoms with Crippen LogP contribution >= 0.6 is 0 Å². The Labute approximate surface area is 114 Å². The summed E-state index contributed by atoms with van der Waals surface area (Å²) < 4.78 is 0. The van der Waals surface area contributed by atoms with Crippen molar-refractivity contribution in [2.45, 2.75) is 46.1 Å². The molecule has 1 aromatic rings. The molecule has 1 aliphatic rings. The van der Waals surface area contributed by atoms with Crippen LogP contribution in [0.3, 0.4) is 0 Å². The summed E-state index contributed by atoms with van der Waals surface area (Å²) in [5.74, 6) is 0.562. The van der Waals surface area contributed by atoms with Gasteiger partial charge < -0.3 is 10.2 Å². The van der Waals surface area contributed by atoms with Gasteiger partial charge in [-0.05, 0) is 46.1 Å². The SMILES string of the molecule is Cc1cc(C(=O)NC(C)C)nc(N2CCCCC2)n1. The van der Waals surface area contributed by atoms with Gasteiger partial charge in [0, 0.05) is 24.8 Å². The number of nitrogens with zero attached hydrogens (tertiary/aromatic N) is 3. The predicted octanol–water partition coefficient (Wildman–Crippen LogP) is 1.91. The van der Waals surface area contributed by atoms with Crippen molar-refractivity contribution in [3.63, 3.8) is 0 Å². The summed E-state index contributed by atoms with van der Waals surface area (Å²) in [6.45, 7) is 7.75. The van der Waals surface area contributed by atoms with E-state index in [9.17, 15) is 4.79 Å². The molecule has 0 bridgehead atoms. The molecule has 1 amide bonds.